The summed E-state index contributed by atoms with van der Waals surface area (Å²) in [6.07, 6.45) is 0. The number of rotatable bonds is 2. The van der Waals surface area contributed by atoms with Crippen molar-refractivity contribution in [2.45, 2.75) is 0 Å². The van der Waals surface area contributed by atoms with E-state index in [1.807, 2.05) is 17.5 Å². The van der Waals surface area contributed by atoms with E-state index in [0.717, 1.165) is 10.2 Å². The third-order valence-corrected chi connectivity index (χ3v) is 3.91. The molecule has 0 aliphatic heterocycles. The van der Waals surface area contributed by atoms with Crippen molar-refractivity contribution in [2.24, 2.45) is 0 Å². The first-order valence-electron chi connectivity index (χ1n) is 5.45. The molecule has 0 radical (unpaired) electrons. The summed E-state index contributed by atoms with van der Waals surface area (Å²) in [6, 6.07) is 8.67. The maximum absolute atomic E-state index is 12.1. The van der Waals surface area contributed by atoms with Gasteiger partial charge in [0.2, 0.25) is 0 Å². The number of carbonyl (C=O) groups excluding carboxylic acids is 1. The minimum atomic E-state index is -0.221. The molecule has 6 heteroatoms. The number of H-pyrrole nitrogens is 1. The lowest BCUT2D eigenvalue weighted by Gasteiger charge is -2.04. The van der Waals surface area contributed by atoms with Crippen LogP contribution in [0.25, 0.3) is 10.2 Å². The number of nitrogens with one attached hydrogen (secondary N) is 2. The van der Waals surface area contributed by atoms with Crippen molar-refractivity contribution >= 4 is 56.3 Å². The second-order valence-corrected chi connectivity index (χ2v) is 5.81. The van der Waals surface area contributed by atoms with Crippen molar-refractivity contribution in [1.82, 2.24) is 4.98 Å². The Hall–Kier alpha value is -1.49. The van der Waals surface area contributed by atoms with Crippen LogP contribution >= 0.6 is 34.5 Å². The average molecular weight is 311 g/mol. The van der Waals surface area contributed by atoms with Crippen LogP contribution in [0.3, 0.4) is 0 Å². The van der Waals surface area contributed by atoms with Gasteiger partial charge >= 0.3 is 0 Å². The number of hydrogen-bond acceptors (Lipinski definition) is 2. The highest BCUT2D eigenvalue weighted by Crippen LogP contribution is 2.24. The molecular weight excluding hydrogens is 303 g/mol. The second-order valence-electron chi connectivity index (χ2n) is 3.99. The molecule has 0 bridgehead atoms. The molecule has 0 saturated heterocycles. The Morgan fingerprint density at radius 3 is 2.58 bits per heavy atom. The summed E-state index contributed by atoms with van der Waals surface area (Å²) in [5, 5.41) is 5.69. The van der Waals surface area contributed by atoms with E-state index in [2.05, 4.69) is 10.3 Å². The van der Waals surface area contributed by atoms with E-state index < -0.39 is 0 Å². The molecule has 1 aromatic carbocycles. The number of thiophene rings is 1. The molecule has 0 unspecified atom stereocenters. The van der Waals surface area contributed by atoms with Crippen LogP contribution in [0.15, 0.2) is 35.7 Å². The Kier molecular flexibility index (Phi) is 3.22. The SMILES string of the molecule is O=C(Nc1cc(Cl)cc(Cl)c1)c1cc2sccc2[nH]1. The topological polar surface area (TPSA) is 44.9 Å². The first-order chi connectivity index (χ1) is 9.11. The molecular formula is C13H8Cl2N2OS. The van der Waals surface area contributed by atoms with Gasteiger partial charge in [0, 0.05) is 15.7 Å². The number of halogens is 2. The zero-order chi connectivity index (χ0) is 13.4. The molecule has 2 aromatic heterocycles. The van der Waals surface area contributed by atoms with E-state index in [-0.39, 0.29) is 5.91 Å². The quantitative estimate of drug-likeness (QED) is 0.702. The van der Waals surface area contributed by atoms with Gasteiger partial charge in [-0.3, -0.25) is 4.79 Å². The number of carbonyl (C=O) groups is 1. The summed E-state index contributed by atoms with van der Waals surface area (Å²) >= 11 is 13.4. The van der Waals surface area contributed by atoms with Crippen molar-refractivity contribution in [3.8, 4) is 0 Å². The third kappa shape index (κ3) is 2.61. The second kappa shape index (κ2) is 4.89. The minimum Gasteiger partial charge on any atom is -0.350 e. The Labute approximate surface area is 123 Å². The average Bonchev–Trinajstić information content (AvgIpc) is 2.86. The maximum atomic E-state index is 12.1. The minimum absolute atomic E-state index is 0.221. The summed E-state index contributed by atoms with van der Waals surface area (Å²) in [5.74, 6) is -0.221. The predicted octanol–water partition coefficient (Wildman–Crippen LogP) is 4.79. The van der Waals surface area contributed by atoms with Crippen LogP contribution in [0.1, 0.15) is 10.5 Å². The van der Waals surface area contributed by atoms with Gasteiger partial charge in [-0.15, -0.1) is 11.3 Å². The molecule has 3 nitrogen and oxygen atoms in total. The lowest BCUT2D eigenvalue weighted by atomic mass is 10.3. The summed E-state index contributed by atoms with van der Waals surface area (Å²) in [4.78, 5) is 15.1. The molecule has 1 amide bonds. The number of amides is 1. The summed E-state index contributed by atoms with van der Waals surface area (Å²) in [6.45, 7) is 0. The zero-order valence-electron chi connectivity index (χ0n) is 9.54. The Morgan fingerprint density at radius 2 is 1.89 bits per heavy atom. The van der Waals surface area contributed by atoms with Gasteiger partial charge in [0.1, 0.15) is 5.69 Å². The van der Waals surface area contributed by atoms with E-state index in [1.54, 1.807) is 29.5 Å². The molecule has 2 heterocycles. The molecule has 0 fully saturated rings. The molecule has 96 valence electrons. The number of benzene rings is 1. The van der Waals surface area contributed by atoms with E-state index in [1.165, 1.54) is 0 Å². The summed E-state index contributed by atoms with van der Waals surface area (Å²) in [7, 11) is 0. The van der Waals surface area contributed by atoms with Gasteiger partial charge in [-0.25, -0.2) is 0 Å². The Balaban J connectivity index is 1.86. The first-order valence-corrected chi connectivity index (χ1v) is 7.09. The van der Waals surface area contributed by atoms with Crippen molar-refractivity contribution < 1.29 is 4.79 Å². The van der Waals surface area contributed by atoms with Crippen molar-refractivity contribution in [1.29, 1.82) is 0 Å². The number of aromatic amines is 1. The van der Waals surface area contributed by atoms with E-state index >= 15 is 0 Å². The van der Waals surface area contributed by atoms with Crippen LogP contribution in [-0.2, 0) is 0 Å². The molecule has 0 aliphatic carbocycles. The predicted molar refractivity (Wildman–Crippen MR) is 80.6 cm³/mol. The van der Waals surface area contributed by atoms with E-state index in [4.69, 9.17) is 23.2 Å². The number of anilines is 1. The molecule has 3 aromatic rings. The highest BCUT2D eigenvalue weighted by atomic mass is 35.5. The highest BCUT2D eigenvalue weighted by molar-refractivity contribution is 7.17. The van der Waals surface area contributed by atoms with Gasteiger partial charge in [0.05, 0.1) is 10.2 Å². The fourth-order valence-corrected chi connectivity index (χ4v) is 3.10. The molecule has 2 N–H and O–H groups in total. The van der Waals surface area contributed by atoms with Crippen LogP contribution in [0, 0.1) is 0 Å². The lowest BCUT2D eigenvalue weighted by Crippen LogP contribution is -2.12. The van der Waals surface area contributed by atoms with Crippen molar-refractivity contribution in [2.75, 3.05) is 5.32 Å². The number of aromatic nitrogens is 1. The molecule has 0 spiro atoms. The van der Waals surface area contributed by atoms with E-state index in [9.17, 15) is 4.79 Å². The van der Waals surface area contributed by atoms with Gasteiger partial charge in [0.15, 0.2) is 0 Å². The fraction of sp³-hybridized carbons (Fsp3) is 0. The smallest absolute Gasteiger partial charge is 0.272 e. The van der Waals surface area contributed by atoms with Gasteiger partial charge in [-0.1, -0.05) is 23.2 Å². The van der Waals surface area contributed by atoms with Crippen LogP contribution < -0.4 is 5.32 Å². The van der Waals surface area contributed by atoms with E-state index in [0.29, 0.717) is 21.4 Å². The molecule has 0 saturated carbocycles. The Bertz CT molecular complexity index is 714. The maximum Gasteiger partial charge on any atom is 0.272 e. The van der Waals surface area contributed by atoms with Crippen LogP contribution in [0.4, 0.5) is 5.69 Å². The molecule has 0 atom stereocenters. The van der Waals surface area contributed by atoms with Gasteiger partial charge < -0.3 is 10.3 Å². The van der Waals surface area contributed by atoms with Crippen molar-refractivity contribution in [3.05, 3.63) is 51.5 Å². The first kappa shape index (κ1) is 12.5. The molecule has 3 rings (SSSR count). The number of fused-ring (bicyclic) bond motifs is 1. The van der Waals surface area contributed by atoms with Crippen LogP contribution in [-0.4, -0.2) is 10.9 Å². The zero-order valence-corrected chi connectivity index (χ0v) is 11.9. The van der Waals surface area contributed by atoms with Gasteiger partial charge in [-0.2, -0.15) is 0 Å². The largest absolute Gasteiger partial charge is 0.350 e. The van der Waals surface area contributed by atoms with Crippen LogP contribution in [0.2, 0.25) is 10.0 Å². The van der Waals surface area contributed by atoms with Crippen LogP contribution in [0.5, 0.6) is 0 Å². The monoisotopic (exact) mass is 310 g/mol. The van der Waals surface area contributed by atoms with Gasteiger partial charge in [-0.05, 0) is 35.7 Å². The molecule has 19 heavy (non-hydrogen) atoms. The Morgan fingerprint density at radius 1 is 1.16 bits per heavy atom. The summed E-state index contributed by atoms with van der Waals surface area (Å²) in [5.41, 5.74) is 2.04. The highest BCUT2D eigenvalue weighted by Gasteiger charge is 2.11. The normalized spacial score (nSPS) is 10.8. The fourth-order valence-electron chi connectivity index (χ4n) is 1.80. The van der Waals surface area contributed by atoms with Gasteiger partial charge in [0.25, 0.3) is 5.91 Å². The third-order valence-electron chi connectivity index (χ3n) is 2.60. The summed E-state index contributed by atoms with van der Waals surface area (Å²) < 4.78 is 1.05. The standard InChI is InChI=1S/C13H8Cl2N2OS/c14-7-3-8(15)5-9(4-7)16-13(18)11-6-12-10(17-11)1-2-19-12/h1-6,17H,(H,16,18). The number of hydrogen-bond donors (Lipinski definition) is 2. The van der Waals surface area contributed by atoms with Crippen molar-refractivity contribution in [3.63, 3.8) is 0 Å². The lowest BCUT2D eigenvalue weighted by molar-refractivity contribution is 0.102. The molecule has 0 aliphatic rings.